The summed E-state index contributed by atoms with van der Waals surface area (Å²) < 4.78 is 6.80. The topological polar surface area (TPSA) is 116 Å². The monoisotopic (exact) mass is 458 g/mol. The van der Waals surface area contributed by atoms with Crippen molar-refractivity contribution in [2.45, 2.75) is 39.0 Å². The second-order valence-electron chi connectivity index (χ2n) is 8.69. The van der Waals surface area contributed by atoms with E-state index in [9.17, 15) is 15.2 Å². The van der Waals surface area contributed by atoms with Crippen molar-refractivity contribution in [1.29, 1.82) is 5.26 Å². The van der Waals surface area contributed by atoms with Gasteiger partial charge in [0.1, 0.15) is 12.7 Å². The van der Waals surface area contributed by atoms with Gasteiger partial charge in [0.15, 0.2) is 5.82 Å². The van der Waals surface area contributed by atoms with Gasteiger partial charge in [-0.1, -0.05) is 6.07 Å². The highest BCUT2D eigenvalue weighted by atomic mass is 16.5. The highest BCUT2D eigenvalue weighted by Gasteiger charge is 2.25. The third-order valence-corrected chi connectivity index (χ3v) is 6.54. The number of aliphatic hydroxyl groups excluding tert-OH is 1. The van der Waals surface area contributed by atoms with Crippen LogP contribution in [0.15, 0.2) is 36.8 Å². The lowest BCUT2D eigenvalue weighted by atomic mass is 9.95. The van der Waals surface area contributed by atoms with Gasteiger partial charge in [0.25, 0.3) is 0 Å². The minimum absolute atomic E-state index is 0.260. The lowest BCUT2D eigenvalue weighted by molar-refractivity contribution is 0.0535. The summed E-state index contributed by atoms with van der Waals surface area (Å²) in [5, 5.41) is 27.8. The summed E-state index contributed by atoms with van der Waals surface area (Å²) >= 11 is 0. The normalized spacial score (nSPS) is 15.8. The molecule has 2 aromatic heterocycles. The number of fused-ring (bicyclic) bond motifs is 1. The van der Waals surface area contributed by atoms with Crippen LogP contribution < -0.4 is 10.2 Å². The molecular formula is C25H26N6O3. The van der Waals surface area contributed by atoms with Gasteiger partial charge in [-0.3, -0.25) is 0 Å². The molecule has 0 amide bonds. The van der Waals surface area contributed by atoms with E-state index in [4.69, 9.17) is 4.74 Å². The van der Waals surface area contributed by atoms with E-state index in [1.54, 1.807) is 29.2 Å². The number of hydrogen-bond donors (Lipinski definition) is 2. The van der Waals surface area contributed by atoms with Gasteiger partial charge < -0.3 is 20.1 Å². The van der Waals surface area contributed by atoms with Gasteiger partial charge >= 0.3 is 5.97 Å². The Morgan fingerprint density at radius 3 is 2.91 bits per heavy atom. The molecule has 1 saturated heterocycles. The molecule has 9 nitrogen and oxygen atoms in total. The van der Waals surface area contributed by atoms with Crippen molar-refractivity contribution < 1.29 is 14.6 Å². The lowest BCUT2D eigenvalue weighted by Gasteiger charge is -2.19. The lowest BCUT2D eigenvalue weighted by Crippen LogP contribution is -2.21. The smallest absolute Gasteiger partial charge is 0.338 e. The first-order valence-electron chi connectivity index (χ1n) is 11.4. The summed E-state index contributed by atoms with van der Waals surface area (Å²) in [6, 6.07) is 7.67. The Labute approximate surface area is 197 Å². The number of nitrogens with one attached hydrogen (secondary N) is 1. The molecule has 2 N–H and O–H groups in total. The molecule has 4 heterocycles. The molecule has 0 spiro atoms. The van der Waals surface area contributed by atoms with Crippen molar-refractivity contribution in [1.82, 2.24) is 20.1 Å². The standard InChI is InChI=1S/C25H26N6O3/c1-16-19(4-5-20-21(16)15-34-25(20)33)23(32)13-27-10-17-11-29-31(14-17)24-8-22(18(9-26)12-28-24)30-6-2-3-7-30/h4-5,8,11-12,14,23,27,32H,2-3,6-7,10,13,15H2,1H3. The molecule has 34 heavy (non-hydrogen) atoms. The van der Waals surface area contributed by atoms with Crippen LogP contribution in [0.5, 0.6) is 0 Å². The number of aliphatic hydroxyl groups is 1. The maximum Gasteiger partial charge on any atom is 0.338 e. The zero-order valence-electron chi connectivity index (χ0n) is 19.0. The van der Waals surface area contributed by atoms with Gasteiger partial charge in [0, 0.05) is 55.8 Å². The van der Waals surface area contributed by atoms with E-state index < -0.39 is 6.10 Å². The zero-order valence-corrected chi connectivity index (χ0v) is 19.0. The number of nitriles is 1. The molecule has 3 aromatic rings. The van der Waals surface area contributed by atoms with E-state index in [2.05, 4.69) is 26.4 Å². The summed E-state index contributed by atoms with van der Waals surface area (Å²) in [7, 11) is 0. The van der Waals surface area contributed by atoms with E-state index in [0.29, 0.717) is 30.0 Å². The van der Waals surface area contributed by atoms with Gasteiger partial charge in [-0.15, -0.1) is 0 Å². The minimum atomic E-state index is -0.709. The van der Waals surface area contributed by atoms with Crippen molar-refractivity contribution >= 4 is 11.7 Å². The van der Waals surface area contributed by atoms with Crippen molar-refractivity contribution in [3.8, 4) is 11.9 Å². The summed E-state index contributed by atoms with van der Waals surface area (Å²) in [6.45, 7) is 4.94. The first kappa shape index (κ1) is 22.1. The van der Waals surface area contributed by atoms with E-state index in [0.717, 1.165) is 53.9 Å². The second-order valence-corrected chi connectivity index (χ2v) is 8.69. The molecule has 0 radical (unpaired) electrons. The van der Waals surface area contributed by atoms with Gasteiger partial charge in [-0.25, -0.2) is 14.5 Å². The van der Waals surface area contributed by atoms with Crippen LogP contribution in [0.4, 0.5) is 5.69 Å². The molecule has 1 unspecified atom stereocenters. The number of nitrogens with zero attached hydrogens (tertiary/aromatic N) is 5. The molecule has 174 valence electrons. The van der Waals surface area contributed by atoms with Crippen molar-refractivity contribution in [2.24, 2.45) is 0 Å². The van der Waals surface area contributed by atoms with Gasteiger partial charge in [0.05, 0.1) is 29.1 Å². The first-order valence-corrected chi connectivity index (χ1v) is 11.4. The number of anilines is 1. The molecule has 1 fully saturated rings. The molecule has 1 aromatic carbocycles. The fraction of sp³-hybridized carbons (Fsp3) is 0.360. The highest BCUT2D eigenvalue weighted by molar-refractivity contribution is 5.93. The Bertz CT molecular complexity index is 1270. The fourth-order valence-electron chi connectivity index (χ4n) is 4.63. The summed E-state index contributed by atoms with van der Waals surface area (Å²) in [5.41, 5.74) is 5.55. The van der Waals surface area contributed by atoms with Gasteiger partial charge in [0.2, 0.25) is 0 Å². The van der Waals surface area contributed by atoms with Crippen LogP contribution >= 0.6 is 0 Å². The molecular weight excluding hydrogens is 432 g/mol. The number of carbonyl (C=O) groups excluding carboxylic acids is 1. The number of hydrogen-bond acceptors (Lipinski definition) is 8. The zero-order chi connectivity index (χ0) is 23.7. The van der Waals surface area contributed by atoms with Crippen LogP contribution in [0, 0.1) is 18.3 Å². The molecule has 0 bridgehead atoms. The van der Waals surface area contributed by atoms with Gasteiger partial charge in [-0.2, -0.15) is 10.4 Å². The Morgan fingerprint density at radius 1 is 1.29 bits per heavy atom. The van der Waals surface area contributed by atoms with Crippen LogP contribution in [0.2, 0.25) is 0 Å². The Morgan fingerprint density at radius 2 is 2.12 bits per heavy atom. The van der Waals surface area contributed by atoms with E-state index in [1.807, 2.05) is 19.2 Å². The number of esters is 1. The number of cyclic esters (lactones) is 1. The largest absolute Gasteiger partial charge is 0.457 e. The molecule has 2 aliphatic heterocycles. The van der Waals surface area contributed by atoms with Crippen LogP contribution in [0.3, 0.4) is 0 Å². The molecule has 1 atom stereocenters. The third-order valence-electron chi connectivity index (χ3n) is 6.54. The maximum atomic E-state index is 11.7. The molecule has 2 aliphatic rings. The second kappa shape index (κ2) is 9.25. The van der Waals surface area contributed by atoms with E-state index in [1.165, 1.54) is 0 Å². The number of aromatic nitrogens is 3. The minimum Gasteiger partial charge on any atom is -0.457 e. The molecule has 9 heteroatoms. The summed E-state index contributed by atoms with van der Waals surface area (Å²) in [6.07, 6.45) is 6.81. The van der Waals surface area contributed by atoms with E-state index >= 15 is 0 Å². The van der Waals surface area contributed by atoms with Crippen molar-refractivity contribution in [3.05, 3.63) is 70.2 Å². The highest BCUT2D eigenvalue weighted by Crippen LogP contribution is 2.29. The average molecular weight is 459 g/mol. The number of rotatable bonds is 7. The van der Waals surface area contributed by atoms with Crippen LogP contribution in [-0.4, -0.2) is 45.5 Å². The third kappa shape index (κ3) is 4.14. The van der Waals surface area contributed by atoms with Crippen LogP contribution in [0.1, 0.15) is 57.1 Å². The van der Waals surface area contributed by atoms with Gasteiger partial charge in [-0.05, 0) is 37.0 Å². The number of ether oxygens (including phenoxy) is 1. The Balaban J connectivity index is 1.23. The van der Waals surface area contributed by atoms with Crippen LogP contribution in [-0.2, 0) is 17.9 Å². The van der Waals surface area contributed by atoms with E-state index in [-0.39, 0.29) is 12.6 Å². The Hall–Kier alpha value is -3.74. The number of pyridine rings is 1. The van der Waals surface area contributed by atoms with Crippen molar-refractivity contribution in [2.75, 3.05) is 24.5 Å². The molecule has 0 saturated carbocycles. The van der Waals surface area contributed by atoms with Crippen LogP contribution in [0.25, 0.3) is 5.82 Å². The average Bonchev–Trinajstić information content (AvgIpc) is 3.61. The molecule has 0 aliphatic carbocycles. The van der Waals surface area contributed by atoms with Crippen molar-refractivity contribution in [3.63, 3.8) is 0 Å². The first-order chi connectivity index (χ1) is 16.5. The Kier molecular flexibility index (Phi) is 6.01. The molecule has 5 rings (SSSR count). The quantitative estimate of drug-likeness (QED) is 0.519. The predicted octanol–water partition coefficient (Wildman–Crippen LogP) is 2.54. The summed E-state index contributed by atoms with van der Waals surface area (Å²) in [4.78, 5) is 18.4. The number of carbonyl (C=O) groups is 1. The maximum absolute atomic E-state index is 11.7. The fourth-order valence-corrected chi connectivity index (χ4v) is 4.63. The SMILES string of the molecule is Cc1c(C(O)CNCc2cnn(-c3cc(N4CCCC4)c(C#N)cn3)c2)ccc2c1COC2=O. The summed E-state index contributed by atoms with van der Waals surface area (Å²) in [5.74, 6) is 0.358. The number of benzene rings is 1. The predicted molar refractivity (Wildman–Crippen MR) is 124 cm³/mol.